The van der Waals surface area contributed by atoms with E-state index in [0.29, 0.717) is 12.1 Å². The maximum absolute atomic E-state index is 13.5. The minimum atomic E-state index is -1.07. The third kappa shape index (κ3) is 6.25. The zero-order valence-corrected chi connectivity index (χ0v) is 17.0. The van der Waals surface area contributed by atoms with Crippen molar-refractivity contribution in [1.29, 1.82) is 0 Å². The van der Waals surface area contributed by atoms with Crippen LogP contribution in [0.25, 0.3) is 0 Å². The van der Waals surface area contributed by atoms with E-state index in [1.165, 1.54) is 23.8 Å². The molecule has 0 saturated heterocycles. The fourth-order valence-corrected chi connectivity index (χ4v) is 3.50. The fourth-order valence-electron chi connectivity index (χ4n) is 3.50. The average Bonchev–Trinajstić information content (AvgIpc) is 2.71. The van der Waals surface area contributed by atoms with Crippen LogP contribution in [0, 0.1) is 5.82 Å². The first-order valence-electron chi connectivity index (χ1n) is 10.1. The molecule has 8 heteroatoms. The highest BCUT2D eigenvalue weighted by Crippen LogP contribution is 2.20. The van der Waals surface area contributed by atoms with Crippen molar-refractivity contribution in [2.24, 2.45) is 0 Å². The van der Waals surface area contributed by atoms with Gasteiger partial charge in [0.05, 0.1) is 18.2 Å². The standard InChI is InChI=1S/C22H27FN4O3/c1-14(25-13-18-8-7-15-5-3-9-24-22(15)26-18)10-20(28)27-19(12-21(29)30)16-4-2-6-17(23)11-16/h2,4,6-8,11,14,19,25H,3,5,9-10,12-13H2,1H3,(H,24,26)(H,27,28)(H,29,30)/t14?,19-/m0/s1. The predicted octanol–water partition coefficient (Wildman–Crippen LogP) is 2.78. The van der Waals surface area contributed by atoms with Gasteiger partial charge in [0, 0.05) is 25.6 Å². The summed E-state index contributed by atoms with van der Waals surface area (Å²) in [5.74, 6) is -0.912. The molecule has 0 spiro atoms. The van der Waals surface area contributed by atoms with Crippen molar-refractivity contribution in [2.75, 3.05) is 11.9 Å². The second kappa shape index (κ2) is 10.2. The Morgan fingerprint density at radius 3 is 2.87 bits per heavy atom. The number of anilines is 1. The van der Waals surface area contributed by atoms with Gasteiger partial charge in [0.2, 0.25) is 5.91 Å². The molecule has 1 aliphatic rings. The fraction of sp³-hybridized carbons (Fsp3) is 0.409. The van der Waals surface area contributed by atoms with Gasteiger partial charge in [-0.3, -0.25) is 9.59 Å². The van der Waals surface area contributed by atoms with Crippen molar-refractivity contribution >= 4 is 17.7 Å². The third-order valence-electron chi connectivity index (χ3n) is 5.04. The highest BCUT2D eigenvalue weighted by Gasteiger charge is 2.20. The van der Waals surface area contributed by atoms with E-state index in [2.05, 4.69) is 27.0 Å². The van der Waals surface area contributed by atoms with Crippen LogP contribution in [-0.2, 0) is 22.6 Å². The number of hydrogen-bond donors (Lipinski definition) is 4. The van der Waals surface area contributed by atoms with Gasteiger partial charge in [0.1, 0.15) is 11.6 Å². The summed E-state index contributed by atoms with van der Waals surface area (Å²) in [4.78, 5) is 28.2. The van der Waals surface area contributed by atoms with Crippen molar-refractivity contribution in [2.45, 2.75) is 51.2 Å². The number of carbonyl (C=O) groups is 2. The number of hydrogen-bond acceptors (Lipinski definition) is 5. The van der Waals surface area contributed by atoms with E-state index in [1.807, 2.05) is 13.0 Å². The monoisotopic (exact) mass is 414 g/mol. The molecule has 2 heterocycles. The van der Waals surface area contributed by atoms with Gasteiger partial charge in [-0.25, -0.2) is 9.37 Å². The molecule has 4 N–H and O–H groups in total. The van der Waals surface area contributed by atoms with Gasteiger partial charge in [-0.2, -0.15) is 0 Å². The van der Waals surface area contributed by atoms with Gasteiger partial charge in [0.25, 0.3) is 0 Å². The Hall–Kier alpha value is -3.00. The summed E-state index contributed by atoms with van der Waals surface area (Å²) in [5, 5.41) is 18.4. The lowest BCUT2D eigenvalue weighted by atomic mass is 10.0. The molecule has 0 radical (unpaired) electrons. The van der Waals surface area contributed by atoms with Gasteiger partial charge in [-0.05, 0) is 49.1 Å². The Morgan fingerprint density at radius 2 is 2.10 bits per heavy atom. The Kier molecular flexibility index (Phi) is 7.35. The molecule has 0 fully saturated rings. The summed E-state index contributed by atoms with van der Waals surface area (Å²) >= 11 is 0. The molecule has 0 aliphatic carbocycles. The Bertz CT molecular complexity index is 906. The molecule has 160 valence electrons. The predicted molar refractivity (Wildman–Crippen MR) is 112 cm³/mol. The van der Waals surface area contributed by atoms with E-state index in [4.69, 9.17) is 5.11 Å². The number of pyridine rings is 1. The van der Waals surface area contributed by atoms with Gasteiger partial charge < -0.3 is 21.1 Å². The first-order chi connectivity index (χ1) is 14.4. The molecule has 1 amide bonds. The number of carboxylic acid groups (broad SMARTS) is 1. The largest absolute Gasteiger partial charge is 0.481 e. The molecule has 7 nitrogen and oxygen atoms in total. The Labute approximate surface area is 175 Å². The highest BCUT2D eigenvalue weighted by molar-refractivity contribution is 5.78. The number of carboxylic acids is 1. The number of carbonyl (C=O) groups excluding carboxylic acids is 1. The zero-order valence-electron chi connectivity index (χ0n) is 17.0. The first kappa shape index (κ1) is 21.7. The van der Waals surface area contributed by atoms with E-state index < -0.39 is 17.8 Å². The third-order valence-corrected chi connectivity index (χ3v) is 5.04. The van der Waals surface area contributed by atoms with Crippen LogP contribution < -0.4 is 16.0 Å². The van der Waals surface area contributed by atoms with E-state index in [0.717, 1.165) is 30.9 Å². The maximum Gasteiger partial charge on any atom is 0.305 e. The van der Waals surface area contributed by atoms with Crippen molar-refractivity contribution in [3.05, 3.63) is 59.0 Å². The number of halogens is 1. The summed E-state index contributed by atoms with van der Waals surface area (Å²) in [5.41, 5.74) is 2.54. The lowest BCUT2D eigenvalue weighted by molar-refractivity contribution is -0.137. The topological polar surface area (TPSA) is 103 Å². The number of aromatic nitrogens is 1. The summed E-state index contributed by atoms with van der Waals surface area (Å²) in [6, 6.07) is 8.76. The van der Waals surface area contributed by atoms with Crippen LogP contribution in [0.4, 0.5) is 10.2 Å². The molecule has 0 saturated carbocycles. The van der Waals surface area contributed by atoms with Gasteiger partial charge in [0.15, 0.2) is 0 Å². The van der Waals surface area contributed by atoms with Crippen molar-refractivity contribution < 1.29 is 19.1 Å². The normalized spacial score (nSPS) is 14.9. The number of nitrogens with zero attached hydrogens (tertiary/aromatic N) is 1. The van der Waals surface area contributed by atoms with Crippen molar-refractivity contribution in [3.63, 3.8) is 0 Å². The number of amides is 1. The van der Waals surface area contributed by atoms with Crippen LogP contribution in [0.2, 0.25) is 0 Å². The molecule has 1 aromatic heterocycles. The van der Waals surface area contributed by atoms with Gasteiger partial charge in [-0.15, -0.1) is 0 Å². The summed E-state index contributed by atoms with van der Waals surface area (Å²) in [6.45, 7) is 3.33. The first-order valence-corrected chi connectivity index (χ1v) is 10.1. The number of benzene rings is 1. The molecular weight excluding hydrogens is 387 g/mol. The SMILES string of the molecule is CC(CC(=O)N[C@@H](CC(=O)O)c1cccc(F)c1)NCc1ccc2c(n1)NCCC2. The smallest absolute Gasteiger partial charge is 0.305 e. The van der Waals surface area contributed by atoms with Crippen LogP contribution >= 0.6 is 0 Å². The quantitative estimate of drug-likeness (QED) is 0.503. The highest BCUT2D eigenvalue weighted by atomic mass is 19.1. The number of aliphatic carboxylic acids is 1. The maximum atomic E-state index is 13.5. The van der Waals surface area contributed by atoms with Gasteiger partial charge in [-0.1, -0.05) is 18.2 Å². The van der Waals surface area contributed by atoms with Gasteiger partial charge >= 0.3 is 5.97 Å². The number of nitrogens with one attached hydrogen (secondary N) is 3. The number of fused-ring (bicyclic) bond motifs is 1. The van der Waals surface area contributed by atoms with E-state index in [-0.39, 0.29) is 24.8 Å². The molecular formula is C22H27FN4O3. The zero-order chi connectivity index (χ0) is 21.5. The molecule has 2 atom stereocenters. The van der Waals surface area contributed by atoms with E-state index in [1.54, 1.807) is 6.07 Å². The molecule has 2 aromatic rings. The summed E-state index contributed by atoms with van der Waals surface area (Å²) in [6.07, 6.45) is 1.98. The van der Waals surface area contributed by atoms with E-state index in [9.17, 15) is 14.0 Å². The van der Waals surface area contributed by atoms with Crippen LogP contribution in [0.3, 0.4) is 0 Å². The Balaban J connectivity index is 1.53. The van der Waals surface area contributed by atoms with Crippen molar-refractivity contribution in [3.8, 4) is 0 Å². The number of aryl methyl sites for hydroxylation is 1. The molecule has 3 rings (SSSR count). The minimum absolute atomic E-state index is 0.145. The second-order valence-corrected chi connectivity index (χ2v) is 7.60. The van der Waals surface area contributed by atoms with Crippen LogP contribution in [0.1, 0.15) is 49.0 Å². The second-order valence-electron chi connectivity index (χ2n) is 7.60. The lowest BCUT2D eigenvalue weighted by Gasteiger charge is -2.20. The Morgan fingerprint density at radius 1 is 1.27 bits per heavy atom. The van der Waals surface area contributed by atoms with E-state index >= 15 is 0 Å². The molecule has 0 bridgehead atoms. The molecule has 1 aliphatic heterocycles. The van der Waals surface area contributed by atoms with Crippen LogP contribution in [0.15, 0.2) is 36.4 Å². The lowest BCUT2D eigenvalue weighted by Crippen LogP contribution is -2.36. The molecule has 1 aromatic carbocycles. The average molecular weight is 414 g/mol. The van der Waals surface area contributed by atoms with Crippen molar-refractivity contribution in [1.82, 2.24) is 15.6 Å². The summed E-state index contributed by atoms with van der Waals surface area (Å²) < 4.78 is 13.5. The van der Waals surface area contributed by atoms with Crippen LogP contribution in [-0.4, -0.2) is 34.6 Å². The van der Waals surface area contributed by atoms with Crippen LogP contribution in [0.5, 0.6) is 0 Å². The minimum Gasteiger partial charge on any atom is -0.481 e. The number of rotatable bonds is 9. The molecule has 1 unspecified atom stereocenters. The molecule has 30 heavy (non-hydrogen) atoms. The summed E-state index contributed by atoms with van der Waals surface area (Å²) in [7, 11) is 0.